The third-order valence-corrected chi connectivity index (χ3v) is 5.58. The molecule has 0 saturated carbocycles. The normalized spacial score (nSPS) is 11.6. The number of hydrogen-bond acceptors (Lipinski definition) is 4. The maximum atomic E-state index is 13.6. The molecule has 4 nitrogen and oxygen atoms in total. The third-order valence-electron chi connectivity index (χ3n) is 3.25. The summed E-state index contributed by atoms with van der Waals surface area (Å²) in [6.07, 6.45) is 3.19. The molecule has 0 aliphatic heterocycles. The van der Waals surface area contributed by atoms with Gasteiger partial charge in [-0.05, 0) is 41.3 Å². The van der Waals surface area contributed by atoms with Crippen LogP contribution in [-0.2, 0) is 16.6 Å². The lowest BCUT2D eigenvalue weighted by molar-refractivity contribution is 0.545. The molecule has 2 heterocycles. The fraction of sp³-hybridized carbons (Fsp3) is 0.0625. The summed E-state index contributed by atoms with van der Waals surface area (Å²) in [5, 5.41) is 1.93. The largest absolute Gasteiger partial charge is 0.264 e. The molecule has 0 radical (unpaired) electrons. The minimum atomic E-state index is -4.17. The molecule has 0 bridgehead atoms. The van der Waals surface area contributed by atoms with Gasteiger partial charge in [-0.1, -0.05) is 6.07 Å². The van der Waals surface area contributed by atoms with Gasteiger partial charge in [0.2, 0.25) is 10.0 Å². The lowest BCUT2D eigenvalue weighted by Crippen LogP contribution is -2.24. The highest BCUT2D eigenvalue weighted by Gasteiger charge is 2.19. The molecule has 3 aromatic rings. The Morgan fingerprint density at radius 2 is 1.96 bits per heavy atom. The lowest BCUT2D eigenvalue weighted by atomic mass is 10.2. The van der Waals surface area contributed by atoms with E-state index in [-0.39, 0.29) is 6.54 Å². The van der Waals surface area contributed by atoms with E-state index in [1.54, 1.807) is 12.3 Å². The van der Waals surface area contributed by atoms with Gasteiger partial charge in [-0.3, -0.25) is 4.98 Å². The average molecular weight is 366 g/mol. The van der Waals surface area contributed by atoms with Crippen LogP contribution in [0.25, 0.3) is 10.4 Å². The molecular weight excluding hydrogens is 354 g/mol. The molecule has 0 fully saturated rings. The fourth-order valence-corrected chi connectivity index (χ4v) is 3.91. The Morgan fingerprint density at radius 1 is 1.12 bits per heavy atom. The van der Waals surface area contributed by atoms with E-state index in [1.165, 1.54) is 17.5 Å². The molecule has 0 aliphatic rings. The van der Waals surface area contributed by atoms with Gasteiger partial charge in [-0.25, -0.2) is 21.9 Å². The molecule has 0 spiro atoms. The molecule has 0 atom stereocenters. The van der Waals surface area contributed by atoms with Crippen molar-refractivity contribution in [2.75, 3.05) is 0 Å². The second-order valence-corrected chi connectivity index (χ2v) is 7.64. The Bertz CT molecular complexity index is 958. The summed E-state index contributed by atoms with van der Waals surface area (Å²) >= 11 is 1.54. The van der Waals surface area contributed by atoms with Crippen LogP contribution in [0.2, 0.25) is 0 Å². The minimum absolute atomic E-state index is 0.0789. The Kier molecular flexibility index (Phi) is 4.70. The van der Waals surface area contributed by atoms with E-state index in [4.69, 9.17) is 0 Å². The van der Waals surface area contributed by atoms with Crippen LogP contribution in [0.5, 0.6) is 0 Å². The van der Waals surface area contributed by atoms with Crippen LogP contribution in [0.3, 0.4) is 0 Å². The zero-order valence-electron chi connectivity index (χ0n) is 12.2. The van der Waals surface area contributed by atoms with Gasteiger partial charge in [0.05, 0.1) is 0 Å². The van der Waals surface area contributed by atoms with Crippen molar-refractivity contribution < 1.29 is 17.2 Å². The Hall–Kier alpha value is -2.16. The van der Waals surface area contributed by atoms with Crippen LogP contribution < -0.4 is 4.72 Å². The predicted molar refractivity (Wildman–Crippen MR) is 87.9 cm³/mol. The van der Waals surface area contributed by atoms with Crippen LogP contribution in [0, 0.1) is 11.6 Å². The monoisotopic (exact) mass is 366 g/mol. The second-order valence-electron chi connectivity index (χ2n) is 4.96. The molecule has 0 unspecified atom stereocenters. The first-order valence-corrected chi connectivity index (χ1v) is 9.24. The van der Waals surface area contributed by atoms with E-state index in [1.807, 2.05) is 17.5 Å². The van der Waals surface area contributed by atoms with E-state index in [2.05, 4.69) is 9.71 Å². The molecule has 1 N–H and O–H groups in total. The maximum Gasteiger partial charge on any atom is 0.243 e. The maximum absolute atomic E-state index is 13.6. The highest BCUT2D eigenvalue weighted by atomic mass is 32.2. The molecule has 0 aliphatic carbocycles. The standard InChI is InChI=1S/C16H12F2N2O2S2/c17-13-3-4-14(18)16(7-13)24(21,22)20-9-11-6-12(10-19-8-11)15-2-1-5-23-15/h1-8,10,20H,9H2. The Morgan fingerprint density at radius 3 is 2.71 bits per heavy atom. The summed E-state index contributed by atoms with van der Waals surface area (Å²) in [7, 11) is -4.17. The summed E-state index contributed by atoms with van der Waals surface area (Å²) in [4.78, 5) is 4.37. The summed E-state index contributed by atoms with van der Waals surface area (Å²) in [5.41, 5.74) is 1.47. The summed E-state index contributed by atoms with van der Waals surface area (Å²) in [5.74, 6) is -1.83. The van der Waals surface area contributed by atoms with Gasteiger partial charge in [0.1, 0.15) is 16.5 Å². The number of sulfonamides is 1. The van der Waals surface area contributed by atoms with Gasteiger partial charge < -0.3 is 0 Å². The van der Waals surface area contributed by atoms with E-state index in [9.17, 15) is 17.2 Å². The number of nitrogens with zero attached hydrogens (tertiary/aromatic N) is 1. The molecule has 124 valence electrons. The SMILES string of the molecule is O=S(=O)(NCc1cncc(-c2cccs2)c1)c1cc(F)ccc1F. The smallest absolute Gasteiger partial charge is 0.243 e. The van der Waals surface area contributed by atoms with Crippen molar-refractivity contribution >= 4 is 21.4 Å². The molecule has 24 heavy (non-hydrogen) atoms. The third kappa shape index (κ3) is 3.66. The first-order chi connectivity index (χ1) is 11.5. The summed E-state index contributed by atoms with van der Waals surface area (Å²) in [6, 6.07) is 7.92. The number of halogens is 2. The number of thiophene rings is 1. The van der Waals surface area contributed by atoms with Crippen LogP contribution in [0.1, 0.15) is 5.56 Å². The fourth-order valence-electron chi connectivity index (χ4n) is 2.10. The van der Waals surface area contributed by atoms with Crippen molar-refractivity contribution in [3.63, 3.8) is 0 Å². The summed E-state index contributed by atoms with van der Waals surface area (Å²) in [6.45, 7) is -0.0789. The number of hydrogen-bond donors (Lipinski definition) is 1. The van der Waals surface area contributed by atoms with Crippen molar-refractivity contribution in [1.29, 1.82) is 0 Å². The van der Waals surface area contributed by atoms with Crippen molar-refractivity contribution in [2.24, 2.45) is 0 Å². The molecule has 8 heteroatoms. The van der Waals surface area contributed by atoms with E-state index < -0.39 is 26.6 Å². The molecule has 2 aromatic heterocycles. The topological polar surface area (TPSA) is 59.1 Å². The lowest BCUT2D eigenvalue weighted by Gasteiger charge is -2.08. The first kappa shape index (κ1) is 16.7. The molecule has 1 aromatic carbocycles. The first-order valence-electron chi connectivity index (χ1n) is 6.88. The molecule has 3 rings (SSSR count). The molecule has 0 saturated heterocycles. The van der Waals surface area contributed by atoms with E-state index in [0.29, 0.717) is 11.6 Å². The van der Waals surface area contributed by atoms with Gasteiger partial charge >= 0.3 is 0 Å². The highest BCUT2D eigenvalue weighted by molar-refractivity contribution is 7.89. The number of aromatic nitrogens is 1. The van der Waals surface area contributed by atoms with Gasteiger partial charge in [0.15, 0.2) is 0 Å². The van der Waals surface area contributed by atoms with Crippen LogP contribution in [0.4, 0.5) is 8.78 Å². The Labute approximate surface area is 141 Å². The van der Waals surface area contributed by atoms with Crippen molar-refractivity contribution in [3.8, 4) is 10.4 Å². The predicted octanol–water partition coefficient (Wildman–Crippen LogP) is 3.57. The van der Waals surface area contributed by atoms with E-state index in [0.717, 1.165) is 22.6 Å². The van der Waals surface area contributed by atoms with Crippen LogP contribution in [-0.4, -0.2) is 13.4 Å². The number of pyridine rings is 1. The summed E-state index contributed by atoms with van der Waals surface area (Å²) < 4.78 is 53.4. The number of benzene rings is 1. The molecule has 0 amide bonds. The van der Waals surface area contributed by atoms with Gasteiger partial charge in [-0.2, -0.15) is 0 Å². The zero-order valence-corrected chi connectivity index (χ0v) is 13.9. The average Bonchev–Trinajstić information content (AvgIpc) is 3.10. The van der Waals surface area contributed by atoms with Crippen LogP contribution in [0.15, 0.2) is 59.1 Å². The highest BCUT2D eigenvalue weighted by Crippen LogP contribution is 2.24. The second kappa shape index (κ2) is 6.76. The minimum Gasteiger partial charge on any atom is -0.264 e. The van der Waals surface area contributed by atoms with Crippen molar-refractivity contribution in [1.82, 2.24) is 9.71 Å². The van der Waals surface area contributed by atoms with Gasteiger partial charge in [-0.15, -0.1) is 11.3 Å². The Balaban J connectivity index is 1.80. The van der Waals surface area contributed by atoms with E-state index >= 15 is 0 Å². The quantitative estimate of drug-likeness (QED) is 0.751. The number of nitrogens with one attached hydrogen (secondary N) is 1. The molecular formula is C16H12F2N2O2S2. The number of rotatable bonds is 5. The van der Waals surface area contributed by atoms with Gasteiger partial charge in [0, 0.05) is 29.4 Å². The van der Waals surface area contributed by atoms with Crippen LogP contribution >= 0.6 is 11.3 Å². The van der Waals surface area contributed by atoms with Crippen molar-refractivity contribution in [2.45, 2.75) is 11.4 Å². The zero-order chi connectivity index (χ0) is 17.2. The van der Waals surface area contributed by atoms with Gasteiger partial charge in [0.25, 0.3) is 0 Å². The van der Waals surface area contributed by atoms with Crippen molar-refractivity contribution in [3.05, 3.63) is 71.4 Å².